The highest BCUT2D eigenvalue weighted by molar-refractivity contribution is 5.77. The summed E-state index contributed by atoms with van der Waals surface area (Å²) in [6, 6.07) is 7.64. The van der Waals surface area contributed by atoms with Crippen LogP contribution in [-0.2, 0) is 11.2 Å². The maximum Gasteiger partial charge on any atom is 0.222 e. The number of carbonyl (C=O) groups excluding carboxylic acids is 1. The number of aryl methyl sites for hydroxylation is 2. The van der Waals surface area contributed by atoms with Gasteiger partial charge in [0.2, 0.25) is 5.91 Å². The van der Waals surface area contributed by atoms with Gasteiger partial charge >= 0.3 is 0 Å². The van der Waals surface area contributed by atoms with Gasteiger partial charge in [-0.15, -0.1) is 0 Å². The third-order valence-electron chi connectivity index (χ3n) is 5.90. The average molecular weight is 409 g/mol. The molecule has 0 atom stereocenters. The van der Waals surface area contributed by atoms with E-state index in [2.05, 4.69) is 0 Å². The second kappa shape index (κ2) is 8.34. The molecule has 0 saturated carbocycles. The summed E-state index contributed by atoms with van der Waals surface area (Å²) in [4.78, 5) is 19.2. The Bertz CT molecular complexity index is 1080. The van der Waals surface area contributed by atoms with Gasteiger partial charge in [0.1, 0.15) is 11.5 Å². The molecule has 30 heavy (non-hydrogen) atoms. The van der Waals surface area contributed by atoms with Crippen molar-refractivity contribution in [2.75, 3.05) is 27.3 Å². The van der Waals surface area contributed by atoms with E-state index in [1.165, 1.54) is 0 Å². The number of nitrogens with zero attached hydrogens (tertiary/aromatic N) is 4. The molecule has 3 aromatic rings. The zero-order valence-corrected chi connectivity index (χ0v) is 18.1. The van der Waals surface area contributed by atoms with Gasteiger partial charge in [-0.25, -0.2) is 9.50 Å². The second-order valence-corrected chi connectivity index (χ2v) is 7.71. The molecule has 3 heterocycles. The Morgan fingerprint density at radius 1 is 1.10 bits per heavy atom. The molecule has 1 amide bonds. The van der Waals surface area contributed by atoms with Crippen LogP contribution in [0.2, 0.25) is 0 Å². The van der Waals surface area contributed by atoms with Crippen LogP contribution in [0.1, 0.15) is 36.2 Å². The van der Waals surface area contributed by atoms with Crippen molar-refractivity contribution in [1.82, 2.24) is 19.5 Å². The maximum absolute atomic E-state index is 12.5. The van der Waals surface area contributed by atoms with Crippen molar-refractivity contribution in [2.45, 2.75) is 39.5 Å². The number of hydrogen-bond donors (Lipinski definition) is 0. The molecule has 0 unspecified atom stereocenters. The molecule has 1 aromatic carbocycles. The highest BCUT2D eigenvalue weighted by Crippen LogP contribution is 2.33. The van der Waals surface area contributed by atoms with Crippen LogP contribution in [0.4, 0.5) is 0 Å². The average Bonchev–Trinajstić information content (AvgIpc) is 3.43. The van der Waals surface area contributed by atoms with Gasteiger partial charge in [0.25, 0.3) is 0 Å². The van der Waals surface area contributed by atoms with Gasteiger partial charge in [-0.3, -0.25) is 4.79 Å². The van der Waals surface area contributed by atoms with Gasteiger partial charge in [-0.1, -0.05) is 0 Å². The minimum Gasteiger partial charge on any atom is -0.497 e. The zero-order chi connectivity index (χ0) is 21.3. The minimum atomic E-state index is 0.232. The quantitative estimate of drug-likeness (QED) is 0.624. The second-order valence-electron chi connectivity index (χ2n) is 7.71. The molecule has 0 aliphatic carbocycles. The normalized spacial score (nSPS) is 13.8. The predicted octanol–water partition coefficient (Wildman–Crippen LogP) is 3.59. The summed E-state index contributed by atoms with van der Waals surface area (Å²) in [5.74, 6) is 1.66. The van der Waals surface area contributed by atoms with E-state index in [0.29, 0.717) is 18.6 Å². The van der Waals surface area contributed by atoms with E-state index in [1.807, 2.05) is 47.5 Å². The summed E-state index contributed by atoms with van der Waals surface area (Å²) < 4.78 is 12.7. The van der Waals surface area contributed by atoms with Crippen molar-refractivity contribution in [3.8, 4) is 22.8 Å². The number of methoxy groups -OCH3 is 2. The predicted molar refractivity (Wildman–Crippen MR) is 115 cm³/mol. The molecule has 4 rings (SSSR count). The maximum atomic E-state index is 12.5. The third kappa shape index (κ3) is 3.72. The van der Waals surface area contributed by atoms with Gasteiger partial charge in [-0.05, 0) is 50.8 Å². The van der Waals surface area contributed by atoms with E-state index >= 15 is 0 Å². The summed E-state index contributed by atoms with van der Waals surface area (Å²) in [6.07, 6.45) is 3.41. The van der Waals surface area contributed by atoms with Crippen LogP contribution in [0.3, 0.4) is 0 Å². The van der Waals surface area contributed by atoms with Crippen molar-refractivity contribution in [3.63, 3.8) is 0 Å². The van der Waals surface area contributed by atoms with E-state index < -0.39 is 0 Å². The van der Waals surface area contributed by atoms with Gasteiger partial charge < -0.3 is 14.4 Å². The number of likely N-dealkylation sites (tertiary alicyclic amines) is 1. The van der Waals surface area contributed by atoms with Crippen LogP contribution in [0, 0.1) is 13.8 Å². The fourth-order valence-electron chi connectivity index (χ4n) is 4.19. The SMILES string of the molecule is COc1ccc(-c2cc3nc(C)c(CCC(=O)N4CCCC4)c(C)n3n2)c(OC)c1. The van der Waals surface area contributed by atoms with Gasteiger partial charge in [0.05, 0.1) is 19.9 Å². The molecule has 7 nitrogen and oxygen atoms in total. The summed E-state index contributed by atoms with van der Waals surface area (Å²) in [6.45, 7) is 5.82. The van der Waals surface area contributed by atoms with Gasteiger partial charge in [-0.2, -0.15) is 5.10 Å². The van der Waals surface area contributed by atoms with Crippen LogP contribution in [0.5, 0.6) is 11.5 Å². The molecule has 1 aliphatic rings. The van der Waals surface area contributed by atoms with Gasteiger partial charge in [0.15, 0.2) is 5.65 Å². The number of fused-ring (bicyclic) bond motifs is 1. The van der Waals surface area contributed by atoms with Crippen molar-refractivity contribution < 1.29 is 14.3 Å². The van der Waals surface area contributed by atoms with Gasteiger partial charge in [0, 0.05) is 48.6 Å². The number of amides is 1. The molecule has 0 bridgehead atoms. The molecule has 158 valence electrons. The number of ether oxygens (including phenoxy) is 2. The smallest absolute Gasteiger partial charge is 0.222 e. The van der Waals surface area contributed by atoms with E-state index in [-0.39, 0.29) is 5.91 Å². The molecular weight excluding hydrogens is 380 g/mol. The van der Waals surface area contributed by atoms with Crippen molar-refractivity contribution in [3.05, 3.63) is 41.2 Å². The highest BCUT2D eigenvalue weighted by Gasteiger charge is 2.20. The third-order valence-corrected chi connectivity index (χ3v) is 5.90. The van der Waals surface area contributed by atoms with Crippen LogP contribution >= 0.6 is 0 Å². The first-order valence-electron chi connectivity index (χ1n) is 10.4. The summed E-state index contributed by atoms with van der Waals surface area (Å²) in [7, 11) is 3.27. The van der Waals surface area contributed by atoms with E-state index in [4.69, 9.17) is 19.6 Å². The molecule has 1 aliphatic heterocycles. The largest absolute Gasteiger partial charge is 0.497 e. The highest BCUT2D eigenvalue weighted by atomic mass is 16.5. The van der Waals surface area contributed by atoms with E-state index in [1.54, 1.807) is 14.2 Å². The first kappa shape index (κ1) is 20.2. The van der Waals surface area contributed by atoms with Crippen molar-refractivity contribution >= 4 is 11.6 Å². The van der Waals surface area contributed by atoms with Crippen molar-refractivity contribution in [1.29, 1.82) is 0 Å². The number of hydrogen-bond acceptors (Lipinski definition) is 5. The monoisotopic (exact) mass is 408 g/mol. The Kier molecular flexibility index (Phi) is 5.61. The standard InChI is InChI=1S/C23H28N4O3/c1-15-18(9-10-23(28)26-11-5-6-12-26)16(2)27-22(24-15)14-20(25-27)19-8-7-17(29-3)13-21(19)30-4/h7-8,13-14H,5-6,9-12H2,1-4H3. The lowest BCUT2D eigenvalue weighted by molar-refractivity contribution is -0.130. The Balaban J connectivity index is 1.65. The summed E-state index contributed by atoms with van der Waals surface area (Å²) in [5, 5.41) is 4.79. The fraction of sp³-hybridized carbons (Fsp3) is 0.435. The number of aromatic nitrogens is 3. The molecule has 0 radical (unpaired) electrons. The number of rotatable bonds is 6. The zero-order valence-electron chi connectivity index (χ0n) is 18.1. The molecular formula is C23H28N4O3. The topological polar surface area (TPSA) is 69.0 Å². The summed E-state index contributed by atoms with van der Waals surface area (Å²) in [5.41, 5.74) is 5.51. The Morgan fingerprint density at radius 2 is 1.87 bits per heavy atom. The van der Waals surface area contributed by atoms with E-state index in [9.17, 15) is 4.79 Å². The Morgan fingerprint density at radius 3 is 2.57 bits per heavy atom. The molecule has 0 spiro atoms. The van der Waals surface area contributed by atoms with E-state index in [0.717, 1.165) is 65.5 Å². The fourth-order valence-corrected chi connectivity index (χ4v) is 4.19. The molecule has 1 saturated heterocycles. The Labute approximate surface area is 176 Å². The van der Waals surface area contributed by atoms with Crippen LogP contribution in [0.15, 0.2) is 24.3 Å². The minimum absolute atomic E-state index is 0.232. The lowest BCUT2D eigenvalue weighted by Crippen LogP contribution is -2.28. The van der Waals surface area contributed by atoms with Crippen LogP contribution in [-0.4, -0.2) is 52.7 Å². The first-order chi connectivity index (χ1) is 14.5. The molecule has 1 fully saturated rings. The van der Waals surface area contributed by atoms with Crippen molar-refractivity contribution in [2.24, 2.45) is 0 Å². The lowest BCUT2D eigenvalue weighted by atomic mass is 10.1. The summed E-state index contributed by atoms with van der Waals surface area (Å²) >= 11 is 0. The molecule has 7 heteroatoms. The van der Waals surface area contributed by atoms with Crippen LogP contribution in [0.25, 0.3) is 16.9 Å². The van der Waals surface area contributed by atoms with Crippen LogP contribution < -0.4 is 9.47 Å². The first-order valence-corrected chi connectivity index (χ1v) is 10.4. The lowest BCUT2D eigenvalue weighted by Gasteiger charge is -2.16. The Hall–Kier alpha value is -3.09. The molecule has 0 N–H and O–H groups in total. The number of carbonyl (C=O) groups is 1. The number of benzene rings is 1. The molecule has 2 aromatic heterocycles.